The van der Waals surface area contributed by atoms with Crippen LogP contribution in [0.1, 0.15) is 24.2 Å². The zero-order valence-electron chi connectivity index (χ0n) is 14.8. The molecule has 1 fully saturated rings. The highest BCUT2D eigenvalue weighted by Crippen LogP contribution is 2.10. The molecule has 1 aliphatic rings. The minimum Gasteiger partial charge on any atom is -0.339 e. The lowest BCUT2D eigenvalue weighted by molar-refractivity contribution is -0.132. The van der Waals surface area contributed by atoms with Crippen LogP contribution in [0, 0.1) is 0 Å². The number of benzene rings is 1. The summed E-state index contributed by atoms with van der Waals surface area (Å²) in [6, 6.07) is 16.4. The monoisotopic (exact) mass is 338 g/mol. The molecule has 1 saturated heterocycles. The minimum absolute atomic E-state index is 0.0736. The van der Waals surface area contributed by atoms with Gasteiger partial charge in [-0.1, -0.05) is 36.4 Å². The number of hydrogen-bond donors (Lipinski definition) is 1. The summed E-state index contributed by atoms with van der Waals surface area (Å²) in [7, 11) is 0. The Balaban J connectivity index is 1.41. The van der Waals surface area contributed by atoms with Crippen molar-refractivity contribution < 1.29 is 4.79 Å². The number of carbonyl (C=O) groups excluding carboxylic acids is 1. The summed E-state index contributed by atoms with van der Waals surface area (Å²) < 4.78 is 0. The Morgan fingerprint density at radius 2 is 1.80 bits per heavy atom. The Bertz CT molecular complexity index is 654. The number of hydrogen-bond acceptors (Lipinski definition) is 4. The Morgan fingerprint density at radius 3 is 2.48 bits per heavy atom. The van der Waals surface area contributed by atoms with Gasteiger partial charge in [-0.25, -0.2) is 0 Å². The Kier molecular flexibility index (Phi) is 6.14. The molecule has 1 aromatic carbocycles. The van der Waals surface area contributed by atoms with Crippen molar-refractivity contribution in [2.75, 3.05) is 32.7 Å². The number of amides is 1. The zero-order chi connectivity index (χ0) is 17.5. The van der Waals surface area contributed by atoms with Crippen LogP contribution in [0.25, 0.3) is 0 Å². The molecular formula is C20H26N4O. The summed E-state index contributed by atoms with van der Waals surface area (Å²) in [4.78, 5) is 21.1. The van der Waals surface area contributed by atoms with Crippen LogP contribution in [0.4, 0.5) is 0 Å². The normalized spacial score (nSPS) is 16.6. The van der Waals surface area contributed by atoms with Gasteiger partial charge in [-0.05, 0) is 24.6 Å². The first-order valence-electron chi connectivity index (χ1n) is 8.91. The van der Waals surface area contributed by atoms with Crippen molar-refractivity contribution in [2.45, 2.75) is 19.5 Å². The van der Waals surface area contributed by atoms with Crippen molar-refractivity contribution in [1.82, 2.24) is 20.1 Å². The van der Waals surface area contributed by atoms with Crippen molar-refractivity contribution in [1.29, 1.82) is 0 Å². The molecule has 1 atom stereocenters. The van der Waals surface area contributed by atoms with E-state index in [9.17, 15) is 4.79 Å². The smallest absolute Gasteiger partial charge is 0.236 e. The molecule has 2 heterocycles. The van der Waals surface area contributed by atoms with Gasteiger partial charge in [-0.2, -0.15) is 0 Å². The van der Waals surface area contributed by atoms with Crippen molar-refractivity contribution in [3.05, 3.63) is 66.0 Å². The number of nitrogens with one attached hydrogen (secondary N) is 1. The van der Waals surface area contributed by atoms with Crippen LogP contribution < -0.4 is 5.32 Å². The number of nitrogens with zero attached hydrogens (tertiary/aromatic N) is 3. The highest BCUT2D eigenvalue weighted by Gasteiger charge is 2.21. The van der Waals surface area contributed by atoms with Gasteiger partial charge in [0.2, 0.25) is 5.91 Å². The molecule has 1 amide bonds. The molecule has 1 aromatic heterocycles. The average molecular weight is 338 g/mol. The Labute approximate surface area is 149 Å². The topological polar surface area (TPSA) is 48.5 Å². The lowest BCUT2D eigenvalue weighted by atomic mass is 10.2. The quantitative estimate of drug-likeness (QED) is 0.876. The van der Waals surface area contributed by atoms with Crippen molar-refractivity contribution >= 4 is 5.91 Å². The zero-order valence-corrected chi connectivity index (χ0v) is 14.8. The minimum atomic E-state index is 0.0736. The van der Waals surface area contributed by atoms with Gasteiger partial charge >= 0.3 is 0 Å². The van der Waals surface area contributed by atoms with Gasteiger partial charge in [0, 0.05) is 45.0 Å². The molecule has 1 N–H and O–H groups in total. The fraction of sp³-hybridized carbons (Fsp3) is 0.400. The lowest BCUT2D eigenvalue weighted by Gasteiger charge is -2.35. The third kappa shape index (κ3) is 5.11. The molecule has 0 spiro atoms. The largest absolute Gasteiger partial charge is 0.339 e. The molecule has 0 radical (unpaired) electrons. The average Bonchev–Trinajstić information content (AvgIpc) is 2.68. The second-order valence-corrected chi connectivity index (χ2v) is 6.50. The summed E-state index contributed by atoms with van der Waals surface area (Å²) >= 11 is 0. The summed E-state index contributed by atoms with van der Waals surface area (Å²) in [5.41, 5.74) is 2.29. The fourth-order valence-electron chi connectivity index (χ4n) is 3.09. The number of piperazine rings is 1. The summed E-state index contributed by atoms with van der Waals surface area (Å²) in [5.74, 6) is 0.169. The van der Waals surface area contributed by atoms with Crippen LogP contribution in [0.3, 0.4) is 0 Å². The van der Waals surface area contributed by atoms with Crippen LogP contribution in [0.5, 0.6) is 0 Å². The van der Waals surface area contributed by atoms with Crippen LogP contribution in [-0.4, -0.2) is 53.4 Å². The molecule has 3 rings (SSSR count). The number of rotatable bonds is 6. The van der Waals surface area contributed by atoms with E-state index in [0.717, 1.165) is 38.4 Å². The van der Waals surface area contributed by atoms with E-state index in [-0.39, 0.29) is 11.9 Å². The molecule has 0 bridgehead atoms. The summed E-state index contributed by atoms with van der Waals surface area (Å²) in [6.45, 7) is 6.80. The van der Waals surface area contributed by atoms with Gasteiger partial charge in [0.1, 0.15) is 0 Å². The third-order valence-electron chi connectivity index (χ3n) is 4.66. The van der Waals surface area contributed by atoms with Crippen molar-refractivity contribution in [3.63, 3.8) is 0 Å². The number of pyridine rings is 1. The van der Waals surface area contributed by atoms with E-state index in [4.69, 9.17) is 0 Å². The van der Waals surface area contributed by atoms with Crippen LogP contribution in [0.2, 0.25) is 0 Å². The van der Waals surface area contributed by atoms with Crippen LogP contribution in [0.15, 0.2) is 54.7 Å². The van der Waals surface area contributed by atoms with Gasteiger partial charge in [-0.15, -0.1) is 0 Å². The van der Waals surface area contributed by atoms with E-state index in [1.807, 2.05) is 36.1 Å². The molecule has 0 aliphatic carbocycles. The van der Waals surface area contributed by atoms with Gasteiger partial charge in [0.05, 0.1) is 12.2 Å². The molecule has 5 nitrogen and oxygen atoms in total. The Hall–Kier alpha value is -2.24. The van der Waals surface area contributed by atoms with Gasteiger partial charge in [-0.3, -0.25) is 14.7 Å². The predicted molar refractivity (Wildman–Crippen MR) is 99.0 cm³/mol. The maximum atomic E-state index is 12.4. The highest BCUT2D eigenvalue weighted by molar-refractivity contribution is 5.78. The molecular weight excluding hydrogens is 312 g/mol. The van der Waals surface area contributed by atoms with E-state index in [0.29, 0.717) is 6.54 Å². The standard InChI is InChI=1S/C20H26N4O/c1-17(19-9-5-6-10-21-19)22-15-20(25)24-13-11-23(12-14-24)16-18-7-3-2-4-8-18/h2-10,17,22H,11-16H2,1H3. The number of aromatic nitrogens is 1. The third-order valence-corrected chi connectivity index (χ3v) is 4.66. The molecule has 2 aromatic rings. The fourth-order valence-corrected chi connectivity index (χ4v) is 3.09. The molecule has 1 aliphatic heterocycles. The van der Waals surface area contributed by atoms with Gasteiger partial charge in [0.15, 0.2) is 0 Å². The van der Waals surface area contributed by atoms with E-state index in [1.54, 1.807) is 6.20 Å². The maximum absolute atomic E-state index is 12.4. The first-order chi connectivity index (χ1) is 12.2. The number of carbonyl (C=O) groups is 1. The van der Waals surface area contributed by atoms with Crippen molar-refractivity contribution in [2.24, 2.45) is 0 Å². The van der Waals surface area contributed by atoms with Crippen LogP contribution in [-0.2, 0) is 11.3 Å². The molecule has 25 heavy (non-hydrogen) atoms. The molecule has 132 valence electrons. The SMILES string of the molecule is CC(NCC(=O)N1CCN(Cc2ccccc2)CC1)c1ccccn1. The maximum Gasteiger partial charge on any atom is 0.236 e. The van der Waals surface area contributed by atoms with Crippen LogP contribution >= 0.6 is 0 Å². The first kappa shape index (κ1) is 17.6. The van der Waals surface area contributed by atoms with E-state index >= 15 is 0 Å². The Morgan fingerprint density at radius 1 is 1.08 bits per heavy atom. The van der Waals surface area contributed by atoms with Crippen molar-refractivity contribution in [3.8, 4) is 0 Å². The predicted octanol–water partition coefficient (Wildman–Crippen LogP) is 2.08. The second kappa shape index (κ2) is 8.74. The molecule has 5 heteroatoms. The summed E-state index contributed by atoms with van der Waals surface area (Å²) in [6.07, 6.45) is 1.78. The van der Waals surface area contributed by atoms with Gasteiger partial charge in [0.25, 0.3) is 0 Å². The highest BCUT2D eigenvalue weighted by atomic mass is 16.2. The molecule has 1 unspecified atom stereocenters. The molecule has 0 saturated carbocycles. The van der Waals surface area contributed by atoms with Gasteiger partial charge < -0.3 is 10.2 Å². The van der Waals surface area contributed by atoms with E-state index < -0.39 is 0 Å². The lowest BCUT2D eigenvalue weighted by Crippen LogP contribution is -2.50. The first-order valence-corrected chi connectivity index (χ1v) is 8.91. The summed E-state index contributed by atoms with van der Waals surface area (Å²) in [5, 5.41) is 3.28. The van der Waals surface area contributed by atoms with E-state index in [1.165, 1.54) is 5.56 Å². The second-order valence-electron chi connectivity index (χ2n) is 6.50. The van der Waals surface area contributed by atoms with E-state index in [2.05, 4.69) is 39.5 Å².